The molecule has 0 saturated carbocycles. The lowest BCUT2D eigenvalue weighted by Gasteiger charge is -2.12. The predicted octanol–water partition coefficient (Wildman–Crippen LogP) is 2.52. The SMILES string of the molecule is Cn1ccnc1CNCc1cc(Cl)c2c(c1)OCCCO2. The smallest absolute Gasteiger partial charge is 0.179 e. The van der Waals surface area contributed by atoms with E-state index in [0.717, 1.165) is 23.6 Å². The minimum absolute atomic E-state index is 0.600. The van der Waals surface area contributed by atoms with Crippen molar-refractivity contribution in [1.29, 1.82) is 0 Å². The van der Waals surface area contributed by atoms with Crippen molar-refractivity contribution in [3.8, 4) is 11.5 Å². The van der Waals surface area contributed by atoms with E-state index >= 15 is 0 Å². The molecule has 1 aliphatic heterocycles. The molecule has 2 aromatic rings. The van der Waals surface area contributed by atoms with E-state index in [1.807, 2.05) is 29.9 Å². The molecule has 1 aliphatic rings. The number of imidazole rings is 1. The lowest BCUT2D eigenvalue weighted by Crippen LogP contribution is -2.15. The van der Waals surface area contributed by atoms with Gasteiger partial charge in [-0.1, -0.05) is 11.6 Å². The molecule has 1 N–H and O–H groups in total. The Morgan fingerprint density at radius 1 is 1.29 bits per heavy atom. The van der Waals surface area contributed by atoms with E-state index in [0.29, 0.717) is 37.1 Å². The van der Waals surface area contributed by atoms with Gasteiger partial charge in [-0.3, -0.25) is 0 Å². The first-order chi connectivity index (χ1) is 10.2. The summed E-state index contributed by atoms with van der Waals surface area (Å²) in [6.07, 6.45) is 4.60. The van der Waals surface area contributed by atoms with E-state index < -0.39 is 0 Å². The highest BCUT2D eigenvalue weighted by Crippen LogP contribution is 2.37. The van der Waals surface area contributed by atoms with Gasteiger partial charge < -0.3 is 19.4 Å². The van der Waals surface area contributed by atoms with Crippen molar-refractivity contribution >= 4 is 11.6 Å². The topological polar surface area (TPSA) is 48.3 Å². The number of benzene rings is 1. The van der Waals surface area contributed by atoms with Crippen LogP contribution < -0.4 is 14.8 Å². The van der Waals surface area contributed by atoms with Gasteiger partial charge in [0, 0.05) is 32.4 Å². The van der Waals surface area contributed by atoms with Crippen LogP contribution in [-0.4, -0.2) is 22.8 Å². The summed E-state index contributed by atoms with van der Waals surface area (Å²) in [5, 5.41) is 3.96. The summed E-state index contributed by atoms with van der Waals surface area (Å²) < 4.78 is 13.3. The Balaban J connectivity index is 1.67. The molecule has 21 heavy (non-hydrogen) atoms. The minimum Gasteiger partial charge on any atom is -0.489 e. The van der Waals surface area contributed by atoms with Gasteiger partial charge in [-0.2, -0.15) is 0 Å². The molecular weight excluding hydrogens is 290 g/mol. The number of hydrogen-bond acceptors (Lipinski definition) is 4. The fourth-order valence-electron chi connectivity index (χ4n) is 2.27. The Labute approximate surface area is 128 Å². The highest BCUT2D eigenvalue weighted by atomic mass is 35.5. The summed E-state index contributed by atoms with van der Waals surface area (Å²) in [6.45, 7) is 2.70. The molecule has 1 aromatic carbocycles. The van der Waals surface area contributed by atoms with Crippen LogP contribution in [0, 0.1) is 0 Å². The lowest BCUT2D eigenvalue weighted by molar-refractivity contribution is 0.297. The van der Waals surface area contributed by atoms with Gasteiger partial charge in [0.15, 0.2) is 11.5 Å². The van der Waals surface area contributed by atoms with Gasteiger partial charge in [0.25, 0.3) is 0 Å². The average Bonchev–Trinajstić information content (AvgIpc) is 2.73. The Morgan fingerprint density at radius 3 is 2.95 bits per heavy atom. The quantitative estimate of drug-likeness (QED) is 0.943. The van der Waals surface area contributed by atoms with Crippen LogP contribution in [0.3, 0.4) is 0 Å². The Kier molecular flexibility index (Phi) is 4.31. The summed E-state index contributed by atoms with van der Waals surface area (Å²) in [6, 6.07) is 3.90. The fourth-order valence-corrected chi connectivity index (χ4v) is 2.56. The van der Waals surface area contributed by atoms with Crippen LogP contribution in [0.25, 0.3) is 0 Å². The van der Waals surface area contributed by atoms with Crippen LogP contribution in [0.5, 0.6) is 11.5 Å². The second-order valence-corrected chi connectivity index (χ2v) is 5.42. The normalized spacial score (nSPS) is 14.0. The number of nitrogens with zero attached hydrogens (tertiary/aromatic N) is 2. The zero-order valence-electron chi connectivity index (χ0n) is 11.9. The summed E-state index contributed by atoms with van der Waals surface area (Å²) >= 11 is 6.27. The molecule has 0 spiro atoms. The van der Waals surface area contributed by atoms with Crippen LogP contribution in [0.2, 0.25) is 5.02 Å². The number of aryl methyl sites for hydroxylation is 1. The molecule has 0 aliphatic carbocycles. The van der Waals surface area contributed by atoms with E-state index in [9.17, 15) is 0 Å². The zero-order chi connectivity index (χ0) is 14.7. The Hall–Kier alpha value is -1.72. The second kappa shape index (κ2) is 6.37. The third-order valence-electron chi connectivity index (χ3n) is 3.40. The molecule has 0 saturated heterocycles. The number of ether oxygens (including phenoxy) is 2. The number of aromatic nitrogens is 2. The molecule has 0 radical (unpaired) electrons. The van der Waals surface area contributed by atoms with Crippen molar-refractivity contribution in [3.63, 3.8) is 0 Å². The van der Waals surface area contributed by atoms with Crippen molar-refractivity contribution in [1.82, 2.24) is 14.9 Å². The maximum Gasteiger partial charge on any atom is 0.179 e. The van der Waals surface area contributed by atoms with Crippen molar-refractivity contribution in [2.75, 3.05) is 13.2 Å². The molecule has 0 unspecified atom stereocenters. The third kappa shape index (κ3) is 3.31. The molecular formula is C15H18ClN3O2. The van der Waals surface area contributed by atoms with Crippen LogP contribution in [-0.2, 0) is 20.1 Å². The first-order valence-corrected chi connectivity index (χ1v) is 7.37. The molecule has 3 rings (SSSR count). The third-order valence-corrected chi connectivity index (χ3v) is 3.68. The minimum atomic E-state index is 0.600. The van der Waals surface area contributed by atoms with Crippen LogP contribution in [0.4, 0.5) is 0 Å². The molecule has 1 aromatic heterocycles. The maximum atomic E-state index is 6.27. The van der Waals surface area contributed by atoms with E-state index in [1.165, 1.54) is 0 Å². The van der Waals surface area contributed by atoms with Crippen LogP contribution in [0.15, 0.2) is 24.5 Å². The number of rotatable bonds is 4. The van der Waals surface area contributed by atoms with Gasteiger partial charge in [-0.15, -0.1) is 0 Å². The van der Waals surface area contributed by atoms with Crippen molar-refractivity contribution in [2.24, 2.45) is 7.05 Å². The van der Waals surface area contributed by atoms with E-state index in [1.54, 1.807) is 6.20 Å². The number of nitrogens with one attached hydrogen (secondary N) is 1. The highest BCUT2D eigenvalue weighted by Gasteiger charge is 2.15. The van der Waals surface area contributed by atoms with Crippen molar-refractivity contribution in [3.05, 3.63) is 40.9 Å². The average molecular weight is 308 g/mol. The van der Waals surface area contributed by atoms with Gasteiger partial charge in [0.2, 0.25) is 0 Å². The van der Waals surface area contributed by atoms with Crippen LogP contribution in [0.1, 0.15) is 17.8 Å². The van der Waals surface area contributed by atoms with E-state index in [2.05, 4.69) is 10.3 Å². The molecule has 0 fully saturated rings. The molecule has 0 bridgehead atoms. The zero-order valence-corrected chi connectivity index (χ0v) is 12.7. The molecule has 2 heterocycles. The van der Waals surface area contributed by atoms with Gasteiger partial charge in [-0.05, 0) is 17.7 Å². The van der Waals surface area contributed by atoms with Gasteiger partial charge in [-0.25, -0.2) is 4.98 Å². The van der Waals surface area contributed by atoms with Gasteiger partial charge in [0.1, 0.15) is 5.82 Å². The summed E-state index contributed by atoms with van der Waals surface area (Å²) in [5.74, 6) is 2.38. The van der Waals surface area contributed by atoms with E-state index in [-0.39, 0.29) is 0 Å². The summed E-state index contributed by atoms with van der Waals surface area (Å²) in [4.78, 5) is 4.28. The highest BCUT2D eigenvalue weighted by molar-refractivity contribution is 6.32. The fraction of sp³-hybridized carbons (Fsp3) is 0.400. The summed E-state index contributed by atoms with van der Waals surface area (Å²) in [5.41, 5.74) is 1.07. The number of hydrogen-bond donors (Lipinski definition) is 1. The Bertz CT molecular complexity index is 627. The van der Waals surface area contributed by atoms with Crippen molar-refractivity contribution < 1.29 is 9.47 Å². The van der Waals surface area contributed by atoms with E-state index in [4.69, 9.17) is 21.1 Å². The second-order valence-electron chi connectivity index (χ2n) is 5.01. The van der Waals surface area contributed by atoms with Gasteiger partial charge >= 0.3 is 0 Å². The molecule has 112 valence electrons. The lowest BCUT2D eigenvalue weighted by atomic mass is 10.2. The molecule has 5 nitrogen and oxygen atoms in total. The number of halogens is 1. The standard InChI is InChI=1S/C15H18ClN3O2/c1-19-4-3-18-14(19)10-17-9-11-7-12(16)15-13(8-11)20-5-2-6-21-15/h3-4,7-8,17H,2,5-6,9-10H2,1H3. The molecule has 0 amide bonds. The van der Waals surface area contributed by atoms with Gasteiger partial charge in [0.05, 0.1) is 24.8 Å². The first kappa shape index (κ1) is 14.2. The number of fused-ring (bicyclic) bond motifs is 1. The Morgan fingerprint density at radius 2 is 2.14 bits per heavy atom. The molecule has 6 heteroatoms. The predicted molar refractivity (Wildman–Crippen MR) is 80.8 cm³/mol. The molecule has 0 atom stereocenters. The monoisotopic (exact) mass is 307 g/mol. The summed E-state index contributed by atoms with van der Waals surface area (Å²) in [7, 11) is 1.98. The maximum absolute atomic E-state index is 6.27. The largest absolute Gasteiger partial charge is 0.489 e. The van der Waals surface area contributed by atoms with Crippen molar-refractivity contribution in [2.45, 2.75) is 19.5 Å². The first-order valence-electron chi connectivity index (χ1n) is 6.99. The van der Waals surface area contributed by atoms with Crippen LogP contribution >= 0.6 is 11.6 Å².